The maximum Gasteiger partial charge on any atom is 0.151 e. The predicted octanol–water partition coefficient (Wildman–Crippen LogP) is -1.55. The zero-order chi connectivity index (χ0) is 10.7. The zero-order valence-electron chi connectivity index (χ0n) is 7.91. The molecule has 7 N–H and O–H groups in total. The minimum atomic E-state index is 0.205. The van der Waals surface area contributed by atoms with Gasteiger partial charge in [-0.15, -0.1) is 5.10 Å². The number of rotatable bonds is 2. The van der Waals surface area contributed by atoms with Crippen LogP contribution in [-0.2, 0) is 0 Å². The molecule has 0 amide bonds. The zero-order valence-corrected chi connectivity index (χ0v) is 7.91. The van der Waals surface area contributed by atoms with Gasteiger partial charge in [0.1, 0.15) is 7.85 Å². The summed E-state index contributed by atoms with van der Waals surface area (Å²) in [7, 11) is 5.74. The molecule has 0 bridgehead atoms. The summed E-state index contributed by atoms with van der Waals surface area (Å²) in [5, 5.41) is 3.61. The average Bonchev–Trinajstić information content (AvgIpc) is 2.11. The molecule has 0 fully saturated rings. The highest BCUT2D eigenvalue weighted by Gasteiger charge is 2.05. The Bertz CT molecular complexity index is 374. The van der Waals surface area contributed by atoms with Gasteiger partial charge in [-0.1, -0.05) is 11.5 Å². The Labute approximate surface area is 83.7 Å². The third-order valence-corrected chi connectivity index (χ3v) is 1.90. The molecule has 6 heteroatoms. The van der Waals surface area contributed by atoms with Crippen LogP contribution in [0.25, 0.3) is 0 Å². The van der Waals surface area contributed by atoms with Crippen LogP contribution >= 0.6 is 0 Å². The Morgan fingerprint density at radius 1 is 1.50 bits per heavy atom. The number of amidine groups is 1. The van der Waals surface area contributed by atoms with Gasteiger partial charge >= 0.3 is 0 Å². The first kappa shape index (κ1) is 10.4. The molecule has 72 valence electrons. The Kier molecular flexibility index (Phi) is 2.98. The third kappa shape index (κ3) is 1.97. The van der Waals surface area contributed by atoms with E-state index in [4.69, 9.17) is 25.2 Å². The van der Waals surface area contributed by atoms with Crippen LogP contribution in [0.3, 0.4) is 0 Å². The average molecular weight is 189 g/mol. The van der Waals surface area contributed by atoms with Crippen molar-refractivity contribution in [3.05, 3.63) is 23.3 Å². The molecule has 0 unspecified atom stereocenters. The van der Waals surface area contributed by atoms with Crippen LogP contribution in [0.15, 0.2) is 17.2 Å². The first-order chi connectivity index (χ1) is 6.56. The van der Waals surface area contributed by atoms with Gasteiger partial charge in [-0.05, 0) is 18.6 Å². The fourth-order valence-electron chi connectivity index (χ4n) is 1.10. The lowest BCUT2D eigenvalue weighted by molar-refractivity contribution is 0.804. The van der Waals surface area contributed by atoms with Crippen molar-refractivity contribution in [3.8, 4) is 0 Å². The third-order valence-electron chi connectivity index (χ3n) is 1.90. The molecule has 1 aromatic rings. The normalized spacial score (nSPS) is 11.4. The van der Waals surface area contributed by atoms with E-state index in [0.29, 0.717) is 16.7 Å². The number of hydrazone groups is 1. The van der Waals surface area contributed by atoms with Crippen molar-refractivity contribution in [2.45, 2.75) is 6.92 Å². The molecule has 5 nitrogen and oxygen atoms in total. The molecule has 1 rings (SSSR count). The largest absolute Gasteiger partial charge is 0.398 e. The first-order valence-electron chi connectivity index (χ1n) is 4.01. The summed E-state index contributed by atoms with van der Waals surface area (Å²) < 4.78 is 0. The van der Waals surface area contributed by atoms with Gasteiger partial charge in [-0.25, -0.2) is 11.4 Å². The van der Waals surface area contributed by atoms with E-state index in [1.807, 2.05) is 6.92 Å². The van der Waals surface area contributed by atoms with E-state index < -0.39 is 0 Å². The molecule has 0 saturated carbocycles. The molecule has 0 aromatic heterocycles. The van der Waals surface area contributed by atoms with E-state index in [2.05, 4.69) is 10.6 Å². The second-order valence-corrected chi connectivity index (χ2v) is 2.92. The number of nitrogens with zero attached hydrogens (tertiary/aromatic N) is 1. The van der Waals surface area contributed by atoms with Crippen molar-refractivity contribution in [2.75, 3.05) is 5.73 Å². The highest BCUT2D eigenvalue weighted by Crippen LogP contribution is 2.10. The van der Waals surface area contributed by atoms with Crippen LogP contribution in [0, 0.1) is 6.92 Å². The summed E-state index contributed by atoms with van der Waals surface area (Å²) in [4.78, 5) is 0. The molecule has 0 spiro atoms. The van der Waals surface area contributed by atoms with Gasteiger partial charge in [-0.3, -0.25) is 0 Å². The summed E-state index contributed by atoms with van der Waals surface area (Å²) in [6, 6.07) is 3.41. The molecular weight excluding hydrogens is 177 g/mol. The van der Waals surface area contributed by atoms with Gasteiger partial charge in [0.15, 0.2) is 5.84 Å². The van der Waals surface area contributed by atoms with Crippen molar-refractivity contribution in [3.63, 3.8) is 0 Å². The molecular formula is C8H12BN5. The van der Waals surface area contributed by atoms with Crippen LogP contribution in [-0.4, -0.2) is 13.7 Å². The minimum absolute atomic E-state index is 0.205. The van der Waals surface area contributed by atoms with E-state index in [1.54, 1.807) is 12.1 Å². The maximum absolute atomic E-state index is 5.74. The summed E-state index contributed by atoms with van der Waals surface area (Å²) >= 11 is 0. The number of benzene rings is 1. The van der Waals surface area contributed by atoms with Crippen LogP contribution in [0.4, 0.5) is 5.69 Å². The molecule has 2 radical (unpaired) electrons. The second-order valence-electron chi connectivity index (χ2n) is 2.92. The molecule has 0 aliphatic heterocycles. The number of hydrogen-bond acceptors (Lipinski definition) is 4. The highest BCUT2D eigenvalue weighted by molar-refractivity contribution is 6.37. The maximum atomic E-state index is 5.74. The lowest BCUT2D eigenvalue weighted by atomic mass is 9.88. The minimum Gasteiger partial charge on any atom is -0.398 e. The molecule has 0 heterocycles. The summed E-state index contributed by atoms with van der Waals surface area (Å²) in [5.74, 6) is 5.20. The summed E-state index contributed by atoms with van der Waals surface area (Å²) in [6.45, 7) is 1.87. The number of nitrogens with one attached hydrogen (secondary N) is 1. The highest BCUT2D eigenvalue weighted by atomic mass is 15.5. The Hall–Kier alpha value is -1.69. The standard InChI is InChI=1S/C8H12BN5/c1-4-2-6(9)5(3-7(4)10)8(11)13-14-12/h2-3,14H,10,12H2,1H3,(H2,11,13). The number of nitrogens with two attached hydrogens (primary N) is 3. The van der Waals surface area contributed by atoms with E-state index in [1.165, 1.54) is 0 Å². The van der Waals surface area contributed by atoms with Gasteiger partial charge < -0.3 is 11.5 Å². The fourth-order valence-corrected chi connectivity index (χ4v) is 1.10. The van der Waals surface area contributed by atoms with Gasteiger partial charge in [-0.2, -0.15) is 0 Å². The van der Waals surface area contributed by atoms with E-state index >= 15 is 0 Å². The van der Waals surface area contributed by atoms with Gasteiger partial charge in [0, 0.05) is 11.3 Å². The smallest absolute Gasteiger partial charge is 0.151 e. The monoisotopic (exact) mass is 189 g/mol. The first-order valence-corrected chi connectivity index (χ1v) is 4.01. The van der Waals surface area contributed by atoms with Crippen molar-refractivity contribution < 1.29 is 0 Å². The van der Waals surface area contributed by atoms with Gasteiger partial charge in [0.05, 0.1) is 0 Å². The van der Waals surface area contributed by atoms with Gasteiger partial charge in [0.25, 0.3) is 0 Å². The summed E-state index contributed by atoms with van der Waals surface area (Å²) in [5.41, 5.74) is 16.0. The predicted molar refractivity (Wildman–Crippen MR) is 59.0 cm³/mol. The quantitative estimate of drug-likeness (QED) is 0.113. The van der Waals surface area contributed by atoms with Crippen molar-refractivity contribution in [1.82, 2.24) is 5.53 Å². The number of hydrogen-bond donors (Lipinski definition) is 4. The topological polar surface area (TPSA) is 102 Å². The van der Waals surface area contributed by atoms with Crippen LogP contribution < -0.4 is 28.3 Å². The Morgan fingerprint density at radius 2 is 2.14 bits per heavy atom. The second kappa shape index (κ2) is 4.02. The van der Waals surface area contributed by atoms with Crippen LogP contribution in [0.1, 0.15) is 11.1 Å². The Balaban J connectivity index is 3.22. The van der Waals surface area contributed by atoms with Crippen LogP contribution in [0.5, 0.6) is 0 Å². The molecule has 0 atom stereocenters. The molecule has 1 aromatic carbocycles. The van der Waals surface area contributed by atoms with E-state index in [9.17, 15) is 0 Å². The number of nitrogen functional groups attached to an aromatic ring is 1. The van der Waals surface area contributed by atoms with Crippen molar-refractivity contribution in [1.29, 1.82) is 0 Å². The van der Waals surface area contributed by atoms with Gasteiger partial charge in [0.2, 0.25) is 0 Å². The van der Waals surface area contributed by atoms with E-state index in [0.717, 1.165) is 5.56 Å². The SMILES string of the molecule is [B]c1cc(C)c(N)cc1/C(N)=N/NN. The number of anilines is 1. The van der Waals surface area contributed by atoms with Crippen molar-refractivity contribution >= 4 is 24.8 Å². The number of hydrazine groups is 1. The molecule has 0 saturated heterocycles. The van der Waals surface area contributed by atoms with E-state index in [-0.39, 0.29) is 5.84 Å². The molecule has 14 heavy (non-hydrogen) atoms. The van der Waals surface area contributed by atoms with Crippen molar-refractivity contribution in [2.24, 2.45) is 16.7 Å². The fraction of sp³-hybridized carbons (Fsp3) is 0.125. The molecule has 0 aliphatic rings. The Morgan fingerprint density at radius 3 is 2.71 bits per heavy atom. The number of aryl methyl sites for hydroxylation is 1. The molecule has 0 aliphatic carbocycles. The van der Waals surface area contributed by atoms with Crippen LogP contribution in [0.2, 0.25) is 0 Å². The lowest BCUT2D eigenvalue weighted by Crippen LogP contribution is -2.28. The lowest BCUT2D eigenvalue weighted by Gasteiger charge is -2.09. The summed E-state index contributed by atoms with van der Waals surface area (Å²) in [6.07, 6.45) is 0.